The highest BCUT2D eigenvalue weighted by Gasteiger charge is 2.37. The molecule has 0 radical (unpaired) electrons. The molecular weight excluding hydrogens is 320 g/mol. The zero-order chi connectivity index (χ0) is 17.6. The standard InChI is InChI=1S/C20H33ClN2O/c1-3-10-20(24,11-4-2)19(16-6-5-7-17(21)14-16)15-23-12-8-18(22)9-13-23/h5-7,14,18-19,24H,3-4,8-13,15,22H2,1-2H3. The van der Waals surface area contributed by atoms with Crippen LogP contribution in [0.5, 0.6) is 0 Å². The van der Waals surface area contributed by atoms with E-state index in [0.717, 1.165) is 68.7 Å². The summed E-state index contributed by atoms with van der Waals surface area (Å²) in [6.45, 7) is 7.22. The van der Waals surface area contributed by atoms with Gasteiger partial charge in [0.05, 0.1) is 5.60 Å². The summed E-state index contributed by atoms with van der Waals surface area (Å²) < 4.78 is 0. The highest BCUT2D eigenvalue weighted by atomic mass is 35.5. The average Bonchev–Trinajstić information content (AvgIpc) is 2.54. The Balaban J connectivity index is 2.26. The van der Waals surface area contributed by atoms with Crippen molar-refractivity contribution in [1.29, 1.82) is 0 Å². The molecule has 0 aromatic heterocycles. The Morgan fingerprint density at radius 1 is 1.25 bits per heavy atom. The maximum atomic E-state index is 11.5. The van der Waals surface area contributed by atoms with Crippen LogP contribution in [-0.2, 0) is 0 Å². The number of likely N-dealkylation sites (tertiary alicyclic amines) is 1. The molecule has 0 aliphatic carbocycles. The molecule has 24 heavy (non-hydrogen) atoms. The molecule has 4 heteroatoms. The summed E-state index contributed by atoms with van der Waals surface area (Å²) in [5.41, 5.74) is 6.53. The Labute approximate surface area is 152 Å². The van der Waals surface area contributed by atoms with Gasteiger partial charge in [0, 0.05) is 23.5 Å². The molecule has 0 saturated carbocycles. The van der Waals surface area contributed by atoms with Gasteiger partial charge in [-0.1, -0.05) is 50.4 Å². The minimum absolute atomic E-state index is 0.0884. The fraction of sp³-hybridized carbons (Fsp3) is 0.700. The molecule has 1 aliphatic rings. The van der Waals surface area contributed by atoms with Crippen molar-refractivity contribution in [2.24, 2.45) is 5.73 Å². The Hall–Kier alpha value is -0.610. The molecule has 1 aromatic rings. The molecule has 136 valence electrons. The number of benzene rings is 1. The first kappa shape index (κ1) is 19.7. The van der Waals surface area contributed by atoms with E-state index >= 15 is 0 Å². The highest BCUT2D eigenvalue weighted by Crippen LogP contribution is 2.38. The summed E-state index contributed by atoms with van der Waals surface area (Å²) in [7, 11) is 0. The van der Waals surface area contributed by atoms with Gasteiger partial charge in [0.2, 0.25) is 0 Å². The number of nitrogens with zero attached hydrogens (tertiary/aromatic N) is 1. The van der Waals surface area contributed by atoms with Gasteiger partial charge in [-0.15, -0.1) is 0 Å². The second-order valence-corrected chi connectivity index (χ2v) is 7.79. The third kappa shape index (κ3) is 5.19. The van der Waals surface area contributed by atoms with Gasteiger partial charge in [-0.3, -0.25) is 0 Å². The first-order valence-corrected chi connectivity index (χ1v) is 9.82. The molecule has 0 bridgehead atoms. The van der Waals surface area contributed by atoms with Crippen LogP contribution in [0.2, 0.25) is 5.02 Å². The molecule has 1 aliphatic heterocycles. The normalized spacial score (nSPS) is 18.7. The van der Waals surface area contributed by atoms with E-state index in [0.29, 0.717) is 6.04 Å². The molecular formula is C20H33ClN2O. The molecule has 2 rings (SSSR count). The van der Waals surface area contributed by atoms with E-state index in [4.69, 9.17) is 17.3 Å². The molecule has 1 saturated heterocycles. The van der Waals surface area contributed by atoms with Crippen LogP contribution in [0.1, 0.15) is 63.9 Å². The predicted molar refractivity (Wildman–Crippen MR) is 103 cm³/mol. The molecule has 0 spiro atoms. The van der Waals surface area contributed by atoms with E-state index < -0.39 is 5.60 Å². The molecule has 1 atom stereocenters. The fourth-order valence-corrected chi connectivity index (χ4v) is 4.24. The molecule has 1 fully saturated rings. The molecule has 1 unspecified atom stereocenters. The lowest BCUT2D eigenvalue weighted by atomic mass is 9.76. The summed E-state index contributed by atoms with van der Waals surface area (Å²) in [6.07, 6.45) is 5.71. The van der Waals surface area contributed by atoms with Crippen molar-refractivity contribution in [3.8, 4) is 0 Å². The van der Waals surface area contributed by atoms with Crippen molar-refractivity contribution in [1.82, 2.24) is 4.90 Å². The summed E-state index contributed by atoms with van der Waals surface area (Å²) in [4.78, 5) is 2.46. The van der Waals surface area contributed by atoms with Crippen LogP contribution >= 0.6 is 11.6 Å². The van der Waals surface area contributed by atoms with Gasteiger partial charge >= 0.3 is 0 Å². The smallest absolute Gasteiger partial charge is 0.0728 e. The molecule has 1 heterocycles. The predicted octanol–water partition coefficient (Wildman–Crippen LogP) is 4.18. The molecule has 1 aromatic carbocycles. The van der Waals surface area contributed by atoms with Gasteiger partial charge in [0.15, 0.2) is 0 Å². The van der Waals surface area contributed by atoms with Crippen LogP contribution in [0, 0.1) is 0 Å². The number of hydrogen-bond donors (Lipinski definition) is 2. The van der Waals surface area contributed by atoms with Gasteiger partial charge < -0.3 is 15.7 Å². The third-order valence-electron chi connectivity index (χ3n) is 5.34. The minimum atomic E-state index is -0.673. The first-order valence-electron chi connectivity index (χ1n) is 9.44. The van der Waals surface area contributed by atoms with Crippen LogP contribution in [-0.4, -0.2) is 41.3 Å². The van der Waals surface area contributed by atoms with E-state index in [1.807, 2.05) is 18.2 Å². The van der Waals surface area contributed by atoms with Gasteiger partial charge in [-0.25, -0.2) is 0 Å². The van der Waals surface area contributed by atoms with Gasteiger partial charge in [0.1, 0.15) is 0 Å². The largest absolute Gasteiger partial charge is 0.389 e. The lowest BCUT2D eigenvalue weighted by Crippen LogP contribution is -2.46. The van der Waals surface area contributed by atoms with E-state index in [1.165, 1.54) is 0 Å². The number of aliphatic hydroxyl groups is 1. The Kier molecular flexibility index (Phi) is 7.55. The maximum absolute atomic E-state index is 11.5. The van der Waals surface area contributed by atoms with Crippen molar-refractivity contribution in [2.75, 3.05) is 19.6 Å². The van der Waals surface area contributed by atoms with Crippen molar-refractivity contribution in [3.05, 3.63) is 34.9 Å². The van der Waals surface area contributed by atoms with Crippen molar-refractivity contribution in [3.63, 3.8) is 0 Å². The highest BCUT2D eigenvalue weighted by molar-refractivity contribution is 6.30. The zero-order valence-electron chi connectivity index (χ0n) is 15.2. The van der Waals surface area contributed by atoms with E-state index in [2.05, 4.69) is 24.8 Å². The van der Waals surface area contributed by atoms with Crippen LogP contribution in [0.4, 0.5) is 0 Å². The van der Waals surface area contributed by atoms with Crippen LogP contribution in [0.3, 0.4) is 0 Å². The number of hydrogen-bond acceptors (Lipinski definition) is 3. The average molecular weight is 353 g/mol. The Bertz CT molecular complexity index is 494. The Morgan fingerprint density at radius 3 is 2.42 bits per heavy atom. The van der Waals surface area contributed by atoms with Gasteiger partial charge in [0.25, 0.3) is 0 Å². The molecule has 3 N–H and O–H groups in total. The first-order chi connectivity index (χ1) is 11.5. The van der Waals surface area contributed by atoms with Crippen molar-refractivity contribution >= 4 is 11.6 Å². The van der Waals surface area contributed by atoms with Gasteiger partial charge in [-0.2, -0.15) is 0 Å². The summed E-state index contributed by atoms with van der Waals surface area (Å²) in [5.74, 6) is 0.0884. The second kappa shape index (κ2) is 9.19. The maximum Gasteiger partial charge on any atom is 0.0728 e. The number of halogens is 1. The van der Waals surface area contributed by atoms with Crippen LogP contribution in [0.25, 0.3) is 0 Å². The summed E-state index contributed by atoms with van der Waals surface area (Å²) in [6, 6.07) is 8.37. The third-order valence-corrected chi connectivity index (χ3v) is 5.57. The lowest BCUT2D eigenvalue weighted by Gasteiger charge is -2.41. The quantitative estimate of drug-likeness (QED) is 0.737. The van der Waals surface area contributed by atoms with Crippen molar-refractivity contribution < 1.29 is 5.11 Å². The molecule has 3 nitrogen and oxygen atoms in total. The summed E-state index contributed by atoms with van der Waals surface area (Å²) in [5, 5.41) is 12.2. The van der Waals surface area contributed by atoms with E-state index in [1.54, 1.807) is 0 Å². The van der Waals surface area contributed by atoms with Crippen molar-refractivity contribution in [2.45, 2.75) is 69.9 Å². The number of piperidine rings is 1. The number of nitrogens with two attached hydrogens (primary N) is 1. The monoisotopic (exact) mass is 352 g/mol. The van der Waals surface area contributed by atoms with E-state index in [-0.39, 0.29) is 5.92 Å². The SMILES string of the molecule is CCCC(O)(CCC)C(CN1CCC(N)CC1)c1cccc(Cl)c1. The topological polar surface area (TPSA) is 49.5 Å². The lowest BCUT2D eigenvalue weighted by molar-refractivity contribution is -0.0183. The van der Waals surface area contributed by atoms with Crippen LogP contribution < -0.4 is 5.73 Å². The minimum Gasteiger partial charge on any atom is -0.389 e. The Morgan fingerprint density at radius 2 is 1.88 bits per heavy atom. The zero-order valence-corrected chi connectivity index (χ0v) is 15.9. The number of rotatable bonds is 8. The summed E-state index contributed by atoms with van der Waals surface area (Å²) >= 11 is 6.24. The van der Waals surface area contributed by atoms with Gasteiger partial charge in [-0.05, 0) is 56.5 Å². The second-order valence-electron chi connectivity index (χ2n) is 7.35. The fourth-order valence-electron chi connectivity index (χ4n) is 4.04. The molecule has 0 amide bonds. The van der Waals surface area contributed by atoms with E-state index in [9.17, 15) is 5.11 Å². The van der Waals surface area contributed by atoms with Crippen LogP contribution in [0.15, 0.2) is 24.3 Å².